The molecule has 1 aromatic carbocycles. The summed E-state index contributed by atoms with van der Waals surface area (Å²) in [7, 11) is 0. The zero-order valence-corrected chi connectivity index (χ0v) is 14.0. The summed E-state index contributed by atoms with van der Waals surface area (Å²) in [6.07, 6.45) is 0. The number of nitrogens with zero attached hydrogens (tertiary/aromatic N) is 2. The lowest BCUT2D eigenvalue weighted by atomic mass is 10.2. The first-order chi connectivity index (χ1) is 9.95. The van der Waals surface area contributed by atoms with Crippen molar-refractivity contribution in [2.75, 3.05) is 6.54 Å². The van der Waals surface area contributed by atoms with E-state index in [4.69, 9.17) is 0 Å². The van der Waals surface area contributed by atoms with Crippen LogP contribution in [0.4, 0.5) is 4.39 Å². The predicted molar refractivity (Wildman–Crippen MR) is 86.4 cm³/mol. The van der Waals surface area contributed by atoms with Gasteiger partial charge in [-0.3, -0.25) is 0 Å². The maximum Gasteiger partial charge on any atom is 0.160 e. The summed E-state index contributed by atoms with van der Waals surface area (Å²) in [5, 5.41) is 3.37. The summed E-state index contributed by atoms with van der Waals surface area (Å²) in [5.74, 6) is 0.930. The van der Waals surface area contributed by atoms with Gasteiger partial charge in [0.15, 0.2) is 5.82 Å². The van der Waals surface area contributed by atoms with Gasteiger partial charge >= 0.3 is 0 Å². The SMILES string of the molecule is Cc1cc(CNCC(C)C)nc(-c2ccc(F)cc2Br)n1. The van der Waals surface area contributed by atoms with Gasteiger partial charge in [-0.1, -0.05) is 13.8 Å². The summed E-state index contributed by atoms with van der Waals surface area (Å²) in [6.45, 7) is 7.92. The molecular weight excluding hydrogens is 333 g/mol. The van der Waals surface area contributed by atoms with E-state index < -0.39 is 0 Å². The first-order valence-corrected chi connectivity index (χ1v) is 7.75. The van der Waals surface area contributed by atoms with E-state index in [0.717, 1.165) is 23.5 Å². The topological polar surface area (TPSA) is 37.8 Å². The number of hydrogen-bond donors (Lipinski definition) is 1. The average Bonchev–Trinajstić information content (AvgIpc) is 2.37. The predicted octanol–water partition coefficient (Wildman–Crippen LogP) is 4.10. The smallest absolute Gasteiger partial charge is 0.160 e. The Balaban J connectivity index is 2.26. The molecule has 112 valence electrons. The number of benzene rings is 1. The highest BCUT2D eigenvalue weighted by molar-refractivity contribution is 9.10. The van der Waals surface area contributed by atoms with E-state index in [1.807, 2.05) is 13.0 Å². The fourth-order valence-corrected chi connectivity index (χ4v) is 2.53. The van der Waals surface area contributed by atoms with Gasteiger partial charge in [-0.2, -0.15) is 0 Å². The number of aryl methyl sites for hydroxylation is 1. The zero-order valence-electron chi connectivity index (χ0n) is 12.5. The highest BCUT2D eigenvalue weighted by Crippen LogP contribution is 2.26. The largest absolute Gasteiger partial charge is 0.311 e. The van der Waals surface area contributed by atoms with Crippen LogP contribution in [0.25, 0.3) is 11.4 Å². The van der Waals surface area contributed by atoms with Gasteiger partial charge in [0, 0.05) is 22.3 Å². The lowest BCUT2D eigenvalue weighted by molar-refractivity contribution is 0.548. The second-order valence-corrected chi connectivity index (χ2v) is 6.33. The Morgan fingerprint density at radius 3 is 2.67 bits per heavy atom. The fourth-order valence-electron chi connectivity index (χ4n) is 2.00. The van der Waals surface area contributed by atoms with Gasteiger partial charge in [-0.15, -0.1) is 0 Å². The van der Waals surface area contributed by atoms with Crippen LogP contribution in [-0.2, 0) is 6.54 Å². The van der Waals surface area contributed by atoms with Crippen molar-refractivity contribution >= 4 is 15.9 Å². The first-order valence-electron chi connectivity index (χ1n) is 6.96. The number of nitrogens with one attached hydrogen (secondary N) is 1. The van der Waals surface area contributed by atoms with E-state index >= 15 is 0 Å². The van der Waals surface area contributed by atoms with Crippen LogP contribution in [0, 0.1) is 18.7 Å². The molecule has 0 aliphatic rings. The molecule has 0 saturated heterocycles. The summed E-state index contributed by atoms with van der Waals surface area (Å²) in [6, 6.07) is 6.51. The Labute approximate surface area is 133 Å². The van der Waals surface area contributed by atoms with Crippen molar-refractivity contribution in [1.82, 2.24) is 15.3 Å². The third kappa shape index (κ3) is 4.58. The van der Waals surface area contributed by atoms with E-state index in [1.165, 1.54) is 12.1 Å². The molecule has 3 nitrogen and oxygen atoms in total. The van der Waals surface area contributed by atoms with Gasteiger partial charge in [0.2, 0.25) is 0 Å². The zero-order chi connectivity index (χ0) is 15.4. The van der Waals surface area contributed by atoms with E-state index in [1.54, 1.807) is 6.07 Å². The van der Waals surface area contributed by atoms with Crippen LogP contribution < -0.4 is 5.32 Å². The fraction of sp³-hybridized carbons (Fsp3) is 0.375. The monoisotopic (exact) mass is 351 g/mol. The molecule has 2 aromatic rings. The Morgan fingerprint density at radius 2 is 2.00 bits per heavy atom. The van der Waals surface area contributed by atoms with Gasteiger partial charge in [-0.05, 0) is 59.6 Å². The molecule has 0 unspecified atom stereocenters. The van der Waals surface area contributed by atoms with Crippen LogP contribution in [0.3, 0.4) is 0 Å². The standard InChI is InChI=1S/C16H19BrFN3/c1-10(2)8-19-9-13-6-11(3)20-16(21-13)14-5-4-12(18)7-15(14)17/h4-7,10,19H,8-9H2,1-3H3. The number of aromatic nitrogens is 2. The van der Waals surface area contributed by atoms with Crippen LogP contribution in [-0.4, -0.2) is 16.5 Å². The maximum atomic E-state index is 13.2. The van der Waals surface area contributed by atoms with Crippen molar-refractivity contribution in [3.05, 3.63) is 45.9 Å². The maximum absolute atomic E-state index is 13.2. The minimum atomic E-state index is -0.280. The highest BCUT2D eigenvalue weighted by Gasteiger charge is 2.09. The second kappa shape index (κ2) is 7.09. The van der Waals surface area contributed by atoms with Gasteiger partial charge in [0.25, 0.3) is 0 Å². The van der Waals surface area contributed by atoms with E-state index in [9.17, 15) is 4.39 Å². The molecule has 1 N–H and O–H groups in total. The van der Waals surface area contributed by atoms with Crippen LogP contribution in [0.1, 0.15) is 25.2 Å². The van der Waals surface area contributed by atoms with Crippen molar-refractivity contribution in [3.63, 3.8) is 0 Å². The van der Waals surface area contributed by atoms with Gasteiger partial charge in [0.1, 0.15) is 5.82 Å². The molecule has 5 heteroatoms. The molecule has 0 radical (unpaired) electrons. The lowest BCUT2D eigenvalue weighted by Gasteiger charge is -2.10. The van der Waals surface area contributed by atoms with Gasteiger partial charge in [0.05, 0.1) is 5.69 Å². The molecule has 1 aromatic heterocycles. The minimum Gasteiger partial charge on any atom is -0.311 e. The molecule has 0 aliphatic heterocycles. The molecule has 0 fully saturated rings. The third-order valence-electron chi connectivity index (χ3n) is 2.94. The molecule has 0 amide bonds. The van der Waals surface area contributed by atoms with E-state index in [0.29, 0.717) is 22.8 Å². The van der Waals surface area contributed by atoms with Crippen LogP contribution in [0.15, 0.2) is 28.7 Å². The van der Waals surface area contributed by atoms with Crippen molar-refractivity contribution in [2.24, 2.45) is 5.92 Å². The van der Waals surface area contributed by atoms with Gasteiger partial charge < -0.3 is 5.32 Å². The molecule has 0 spiro atoms. The Bertz CT molecular complexity index is 629. The molecule has 0 aliphatic carbocycles. The Hall–Kier alpha value is -1.33. The molecule has 0 bridgehead atoms. The average molecular weight is 352 g/mol. The summed E-state index contributed by atoms with van der Waals surface area (Å²) < 4.78 is 13.8. The molecular formula is C16H19BrFN3. The van der Waals surface area contributed by atoms with Crippen LogP contribution >= 0.6 is 15.9 Å². The minimum absolute atomic E-state index is 0.280. The van der Waals surface area contributed by atoms with Gasteiger partial charge in [-0.25, -0.2) is 14.4 Å². The lowest BCUT2D eigenvalue weighted by Crippen LogP contribution is -2.20. The van der Waals surface area contributed by atoms with Crippen LogP contribution in [0.5, 0.6) is 0 Å². The Kier molecular flexibility index (Phi) is 5.42. The van der Waals surface area contributed by atoms with Crippen molar-refractivity contribution in [2.45, 2.75) is 27.3 Å². The molecule has 0 atom stereocenters. The molecule has 0 saturated carbocycles. The summed E-state index contributed by atoms with van der Waals surface area (Å²) in [4.78, 5) is 9.01. The highest BCUT2D eigenvalue weighted by atomic mass is 79.9. The molecule has 2 rings (SSSR count). The number of rotatable bonds is 5. The number of hydrogen-bond acceptors (Lipinski definition) is 3. The summed E-state index contributed by atoms with van der Waals surface area (Å²) >= 11 is 3.37. The third-order valence-corrected chi connectivity index (χ3v) is 3.59. The van der Waals surface area contributed by atoms with E-state index in [2.05, 4.69) is 45.1 Å². The Morgan fingerprint density at radius 1 is 1.24 bits per heavy atom. The molecule has 21 heavy (non-hydrogen) atoms. The van der Waals surface area contributed by atoms with Crippen molar-refractivity contribution in [3.8, 4) is 11.4 Å². The quantitative estimate of drug-likeness (QED) is 0.881. The molecule has 1 heterocycles. The van der Waals surface area contributed by atoms with E-state index in [-0.39, 0.29) is 5.82 Å². The summed E-state index contributed by atoms with van der Waals surface area (Å²) in [5.41, 5.74) is 2.64. The second-order valence-electron chi connectivity index (χ2n) is 5.47. The number of halogens is 2. The van der Waals surface area contributed by atoms with Crippen molar-refractivity contribution in [1.29, 1.82) is 0 Å². The van der Waals surface area contributed by atoms with Crippen molar-refractivity contribution < 1.29 is 4.39 Å². The normalized spacial score (nSPS) is 11.1. The van der Waals surface area contributed by atoms with Crippen LogP contribution in [0.2, 0.25) is 0 Å². The first kappa shape index (κ1) is 16.0.